The van der Waals surface area contributed by atoms with Gasteiger partial charge in [0.1, 0.15) is 6.61 Å². The molecule has 0 bridgehead atoms. The lowest BCUT2D eigenvalue weighted by Gasteiger charge is -2.36. The second-order valence-electron chi connectivity index (χ2n) is 6.37. The maximum atomic E-state index is 11.5. The predicted octanol–water partition coefficient (Wildman–Crippen LogP) is -0.337. The first-order valence-electron chi connectivity index (χ1n) is 7.89. The van der Waals surface area contributed by atoms with Crippen LogP contribution in [-0.4, -0.2) is 75.6 Å². The molecule has 3 N–H and O–H groups in total. The summed E-state index contributed by atoms with van der Waals surface area (Å²) in [6, 6.07) is 2.06. The molecule has 1 aromatic carbocycles. The lowest BCUT2D eigenvalue weighted by molar-refractivity contribution is -0.384. The Morgan fingerprint density at radius 1 is 1.36 bits per heavy atom. The summed E-state index contributed by atoms with van der Waals surface area (Å²) >= 11 is 0. The first-order chi connectivity index (χ1) is 11.7. The van der Waals surface area contributed by atoms with Crippen LogP contribution in [0, 0.1) is 10.1 Å². The number of primary sulfonamides is 1. The number of nitrogens with two attached hydrogens (primary N) is 1. The number of ether oxygens (including phenoxy) is 1. The van der Waals surface area contributed by atoms with Crippen molar-refractivity contribution in [2.24, 2.45) is 5.14 Å². The van der Waals surface area contributed by atoms with E-state index in [1.165, 1.54) is 6.07 Å². The molecule has 1 aromatic rings. The second kappa shape index (κ2) is 6.75. The monoisotopic (exact) mass is 371 g/mol. The van der Waals surface area contributed by atoms with Gasteiger partial charge in [-0.05, 0) is 7.05 Å². The van der Waals surface area contributed by atoms with Crippen molar-refractivity contribution in [1.29, 1.82) is 0 Å². The third kappa shape index (κ3) is 4.00. The molecule has 2 heterocycles. The predicted molar refractivity (Wildman–Crippen MR) is 91.3 cm³/mol. The molecule has 1 saturated heterocycles. The smallest absolute Gasteiger partial charge is 0.297 e. The van der Waals surface area contributed by atoms with Gasteiger partial charge in [-0.3, -0.25) is 15.0 Å². The first-order valence-corrected chi connectivity index (χ1v) is 9.44. The fourth-order valence-electron chi connectivity index (χ4n) is 3.02. The lowest BCUT2D eigenvalue weighted by atomic mass is 10.1. The quantitative estimate of drug-likeness (QED) is 0.543. The molecular formula is C14H21N5O5S. The molecule has 1 fully saturated rings. The number of piperazine rings is 1. The Balaban J connectivity index is 1.81. The van der Waals surface area contributed by atoms with E-state index in [0.29, 0.717) is 13.2 Å². The second-order valence-corrected chi connectivity index (χ2v) is 7.94. The number of nitrogens with zero attached hydrogens (tertiary/aromatic N) is 3. The highest BCUT2D eigenvalue weighted by Crippen LogP contribution is 2.39. The molecule has 10 nitrogen and oxygen atoms in total. The van der Waals surface area contributed by atoms with E-state index in [1.807, 2.05) is 0 Å². The van der Waals surface area contributed by atoms with E-state index in [2.05, 4.69) is 22.2 Å². The van der Waals surface area contributed by atoms with Gasteiger partial charge in [0.15, 0.2) is 11.4 Å². The molecule has 25 heavy (non-hydrogen) atoms. The van der Waals surface area contributed by atoms with Gasteiger partial charge in [-0.2, -0.15) is 0 Å². The van der Waals surface area contributed by atoms with E-state index < -0.39 is 14.9 Å². The minimum absolute atomic E-state index is 0.116. The lowest BCUT2D eigenvalue weighted by Crippen LogP contribution is -2.50. The van der Waals surface area contributed by atoms with E-state index in [1.54, 1.807) is 0 Å². The maximum absolute atomic E-state index is 11.5. The highest BCUT2D eigenvalue weighted by atomic mass is 32.2. The molecule has 0 radical (unpaired) electrons. The van der Waals surface area contributed by atoms with Crippen LogP contribution >= 0.6 is 0 Å². The van der Waals surface area contributed by atoms with Gasteiger partial charge in [-0.25, -0.2) is 13.6 Å². The molecule has 0 saturated carbocycles. The van der Waals surface area contributed by atoms with Crippen LogP contribution in [0.3, 0.4) is 0 Å². The zero-order valence-electron chi connectivity index (χ0n) is 13.8. The zero-order valence-corrected chi connectivity index (χ0v) is 14.7. The van der Waals surface area contributed by atoms with E-state index in [9.17, 15) is 18.5 Å². The van der Waals surface area contributed by atoms with Crippen molar-refractivity contribution in [2.45, 2.75) is 10.9 Å². The third-order valence-electron chi connectivity index (χ3n) is 4.44. The minimum Gasteiger partial charge on any atom is -0.489 e. The number of nitro benzene ring substituents is 1. The van der Waals surface area contributed by atoms with E-state index in [0.717, 1.165) is 32.2 Å². The normalized spacial score (nSPS) is 21.9. The van der Waals surface area contributed by atoms with Crippen molar-refractivity contribution in [3.8, 4) is 5.75 Å². The van der Waals surface area contributed by atoms with Crippen molar-refractivity contribution in [2.75, 3.05) is 51.7 Å². The number of sulfonamides is 1. The Labute approximate surface area is 145 Å². The third-order valence-corrected chi connectivity index (χ3v) is 5.34. The minimum atomic E-state index is -4.06. The van der Waals surface area contributed by atoms with Crippen molar-refractivity contribution in [3.05, 3.63) is 22.2 Å². The average Bonchev–Trinajstić information content (AvgIpc) is 2.55. The van der Waals surface area contributed by atoms with Gasteiger partial charge in [0.05, 0.1) is 15.9 Å². The number of rotatable bonds is 4. The molecular weight excluding hydrogens is 350 g/mol. The summed E-state index contributed by atoms with van der Waals surface area (Å²) in [6.45, 7) is 4.79. The number of hydrogen-bond acceptors (Lipinski definition) is 8. The first kappa shape index (κ1) is 17.9. The van der Waals surface area contributed by atoms with Crippen molar-refractivity contribution in [1.82, 2.24) is 9.80 Å². The van der Waals surface area contributed by atoms with Gasteiger partial charge in [0, 0.05) is 44.9 Å². The van der Waals surface area contributed by atoms with Crippen molar-refractivity contribution >= 4 is 21.4 Å². The number of nitro groups is 1. The van der Waals surface area contributed by atoms with Gasteiger partial charge >= 0.3 is 0 Å². The van der Waals surface area contributed by atoms with Crippen LogP contribution < -0.4 is 15.2 Å². The number of hydrogen-bond donors (Lipinski definition) is 2. The van der Waals surface area contributed by atoms with Gasteiger partial charge in [-0.15, -0.1) is 0 Å². The van der Waals surface area contributed by atoms with Crippen LogP contribution in [0.2, 0.25) is 0 Å². The molecule has 0 amide bonds. The molecule has 0 aliphatic carbocycles. The van der Waals surface area contributed by atoms with Gasteiger partial charge in [0.2, 0.25) is 10.0 Å². The number of benzene rings is 1. The van der Waals surface area contributed by atoms with Crippen LogP contribution in [0.5, 0.6) is 5.75 Å². The van der Waals surface area contributed by atoms with Gasteiger partial charge in [-0.1, -0.05) is 0 Å². The highest BCUT2D eigenvalue weighted by molar-refractivity contribution is 7.89. The summed E-state index contributed by atoms with van der Waals surface area (Å²) in [7, 11) is -1.99. The molecule has 0 aromatic heterocycles. The Hall–Kier alpha value is -1.95. The molecule has 0 spiro atoms. The van der Waals surface area contributed by atoms with Crippen LogP contribution in [0.1, 0.15) is 0 Å². The molecule has 2 aliphatic rings. The molecule has 1 unspecified atom stereocenters. The number of likely N-dealkylation sites (N-methyl/N-ethyl adjacent to an activating group) is 1. The van der Waals surface area contributed by atoms with Crippen LogP contribution in [0.25, 0.3) is 0 Å². The number of nitrogens with one attached hydrogen (secondary N) is 1. The Morgan fingerprint density at radius 2 is 2.04 bits per heavy atom. The zero-order chi connectivity index (χ0) is 18.2. The molecule has 138 valence electrons. The summed E-state index contributed by atoms with van der Waals surface area (Å²) < 4.78 is 28.6. The summed E-state index contributed by atoms with van der Waals surface area (Å²) in [5.74, 6) is 0.132. The Bertz CT molecular complexity index is 776. The summed E-state index contributed by atoms with van der Waals surface area (Å²) in [5.41, 5.74) is -0.160. The van der Waals surface area contributed by atoms with Crippen molar-refractivity contribution < 1.29 is 18.1 Å². The van der Waals surface area contributed by atoms with Crippen molar-refractivity contribution in [3.63, 3.8) is 0 Å². The number of fused-ring (bicyclic) bond motifs is 1. The van der Waals surface area contributed by atoms with Gasteiger partial charge < -0.3 is 15.0 Å². The van der Waals surface area contributed by atoms with Crippen LogP contribution in [0.15, 0.2) is 17.0 Å². The summed E-state index contributed by atoms with van der Waals surface area (Å²) in [6.07, 6.45) is 0. The highest BCUT2D eigenvalue weighted by Gasteiger charge is 2.31. The Morgan fingerprint density at radius 3 is 2.64 bits per heavy atom. The summed E-state index contributed by atoms with van der Waals surface area (Å²) in [5, 5.41) is 19.6. The fourth-order valence-corrected chi connectivity index (χ4v) is 3.57. The topological polar surface area (TPSA) is 131 Å². The molecule has 1 atom stereocenters. The average molecular weight is 371 g/mol. The molecule has 2 aliphatic heterocycles. The number of anilines is 1. The van der Waals surface area contributed by atoms with Crippen LogP contribution in [-0.2, 0) is 10.0 Å². The maximum Gasteiger partial charge on any atom is 0.297 e. The van der Waals surface area contributed by atoms with E-state index in [-0.39, 0.29) is 28.1 Å². The largest absolute Gasteiger partial charge is 0.489 e. The Kier molecular flexibility index (Phi) is 4.82. The van der Waals surface area contributed by atoms with Gasteiger partial charge in [0.25, 0.3) is 5.69 Å². The fraction of sp³-hybridized carbons (Fsp3) is 0.571. The molecule has 11 heteroatoms. The SMILES string of the molecule is CN1CCN(CC2COc3cc(S(N)(=O)=O)cc([N+](=O)[O-])c3N2)CC1. The standard InChI is InChI=1S/C14H21N5O5S/c1-17-2-4-18(5-3-17)8-10-9-24-13-7-11(25(15,22)23)6-12(19(20)21)14(13)16-10/h6-7,10,16H,2-5,8-9H2,1H3,(H2,15,22,23). The molecule has 3 rings (SSSR count). The van der Waals surface area contributed by atoms with Crippen LogP contribution in [0.4, 0.5) is 11.4 Å². The summed E-state index contributed by atoms with van der Waals surface area (Å²) in [4.78, 5) is 14.9. The van der Waals surface area contributed by atoms with E-state index in [4.69, 9.17) is 9.88 Å². The van der Waals surface area contributed by atoms with E-state index >= 15 is 0 Å².